The Balaban J connectivity index is 1.61. The normalized spacial score (nSPS) is 28.5. The highest BCUT2D eigenvalue weighted by atomic mass is 16.3. The fourth-order valence-electron chi connectivity index (χ4n) is 4.57. The number of nitrogens with zero attached hydrogens (tertiary/aromatic N) is 3. The van der Waals surface area contributed by atoms with Crippen molar-refractivity contribution in [3.63, 3.8) is 0 Å². The molecule has 0 saturated carbocycles. The molecule has 2 unspecified atom stereocenters. The second-order valence-corrected chi connectivity index (χ2v) is 7.45. The van der Waals surface area contributed by atoms with Crippen molar-refractivity contribution in [2.45, 2.75) is 19.8 Å². The van der Waals surface area contributed by atoms with E-state index < -0.39 is 5.41 Å². The topological polar surface area (TPSA) is 74.1 Å². The monoisotopic (exact) mass is 345 g/mol. The average molecular weight is 345 g/mol. The highest BCUT2D eigenvalue weighted by molar-refractivity contribution is 5.95. The molecule has 3 aliphatic rings. The van der Waals surface area contributed by atoms with Gasteiger partial charge in [0.25, 0.3) is 5.91 Å². The first-order valence-electron chi connectivity index (χ1n) is 8.87. The van der Waals surface area contributed by atoms with Gasteiger partial charge in [-0.15, -0.1) is 0 Å². The Morgan fingerprint density at radius 2 is 1.76 bits per heavy atom. The summed E-state index contributed by atoms with van der Waals surface area (Å²) < 4.78 is 5.02. The number of hydrogen-bond donors (Lipinski definition) is 0. The SMILES string of the molecule is CC(=O)N1CC2CN(C(=O)c3ccoc3)CC2(C(=O)N2CCCC2)C1. The maximum atomic E-state index is 13.3. The van der Waals surface area contributed by atoms with Crippen LogP contribution in [0.1, 0.15) is 30.1 Å². The number of carbonyl (C=O) groups is 3. The number of furan rings is 1. The van der Waals surface area contributed by atoms with Crippen LogP contribution in [-0.2, 0) is 9.59 Å². The third-order valence-corrected chi connectivity index (χ3v) is 5.93. The minimum absolute atomic E-state index is 0.000325. The van der Waals surface area contributed by atoms with E-state index in [9.17, 15) is 14.4 Å². The molecule has 1 aromatic rings. The van der Waals surface area contributed by atoms with Gasteiger partial charge in [-0.1, -0.05) is 0 Å². The molecular weight excluding hydrogens is 322 g/mol. The van der Waals surface area contributed by atoms with Crippen molar-refractivity contribution in [1.82, 2.24) is 14.7 Å². The number of fused-ring (bicyclic) bond motifs is 1. The fraction of sp³-hybridized carbons (Fsp3) is 0.611. The first kappa shape index (κ1) is 16.2. The number of rotatable bonds is 2. The van der Waals surface area contributed by atoms with Crippen LogP contribution in [-0.4, -0.2) is 71.7 Å². The molecule has 3 amide bonds. The Bertz CT molecular complexity index is 695. The van der Waals surface area contributed by atoms with Crippen LogP contribution in [0, 0.1) is 11.3 Å². The zero-order valence-electron chi connectivity index (χ0n) is 14.4. The second kappa shape index (κ2) is 5.89. The summed E-state index contributed by atoms with van der Waals surface area (Å²) in [7, 11) is 0. The molecule has 0 N–H and O–H groups in total. The van der Waals surface area contributed by atoms with Gasteiger partial charge in [-0.25, -0.2) is 0 Å². The van der Waals surface area contributed by atoms with Crippen LogP contribution in [0.3, 0.4) is 0 Å². The lowest BCUT2D eigenvalue weighted by molar-refractivity contribution is -0.141. The van der Waals surface area contributed by atoms with Crippen LogP contribution in [0.15, 0.2) is 23.0 Å². The standard InChI is InChI=1S/C18H23N3O4/c1-13(22)20-8-15-9-21(16(23)14-4-7-25-10-14)12-18(15,11-20)17(24)19-5-2-3-6-19/h4,7,10,15H,2-3,5-6,8-9,11-12H2,1H3. The fourth-order valence-corrected chi connectivity index (χ4v) is 4.57. The Hall–Kier alpha value is -2.31. The van der Waals surface area contributed by atoms with Crippen molar-refractivity contribution in [2.75, 3.05) is 39.3 Å². The Labute approximate surface area is 146 Å². The smallest absolute Gasteiger partial charge is 0.257 e. The molecule has 0 radical (unpaired) electrons. The molecule has 0 aromatic carbocycles. The lowest BCUT2D eigenvalue weighted by atomic mass is 9.79. The van der Waals surface area contributed by atoms with Crippen LogP contribution in [0.5, 0.6) is 0 Å². The molecule has 3 saturated heterocycles. The van der Waals surface area contributed by atoms with Crippen LogP contribution >= 0.6 is 0 Å². The molecule has 3 aliphatic heterocycles. The van der Waals surface area contributed by atoms with Crippen LogP contribution in [0.25, 0.3) is 0 Å². The predicted molar refractivity (Wildman–Crippen MR) is 88.6 cm³/mol. The molecule has 7 heteroatoms. The maximum absolute atomic E-state index is 13.3. The molecule has 3 fully saturated rings. The van der Waals surface area contributed by atoms with E-state index in [1.165, 1.54) is 12.5 Å². The van der Waals surface area contributed by atoms with E-state index in [2.05, 4.69) is 0 Å². The second-order valence-electron chi connectivity index (χ2n) is 7.45. The highest BCUT2D eigenvalue weighted by Gasteiger charge is 2.59. The van der Waals surface area contributed by atoms with Crippen molar-refractivity contribution in [2.24, 2.45) is 11.3 Å². The van der Waals surface area contributed by atoms with Gasteiger partial charge in [0.2, 0.25) is 11.8 Å². The quantitative estimate of drug-likeness (QED) is 0.795. The van der Waals surface area contributed by atoms with Gasteiger partial charge in [-0.05, 0) is 18.9 Å². The van der Waals surface area contributed by atoms with E-state index in [4.69, 9.17) is 4.42 Å². The highest BCUT2D eigenvalue weighted by Crippen LogP contribution is 2.45. The van der Waals surface area contributed by atoms with E-state index >= 15 is 0 Å². The third-order valence-electron chi connectivity index (χ3n) is 5.93. The summed E-state index contributed by atoms with van der Waals surface area (Å²) in [4.78, 5) is 43.3. The molecule has 7 nitrogen and oxygen atoms in total. The average Bonchev–Trinajstić information content (AvgIpc) is 3.36. The van der Waals surface area contributed by atoms with Crippen LogP contribution < -0.4 is 0 Å². The Kier molecular flexibility index (Phi) is 3.81. The van der Waals surface area contributed by atoms with E-state index in [0.717, 1.165) is 25.9 Å². The molecule has 134 valence electrons. The number of likely N-dealkylation sites (tertiary alicyclic amines) is 3. The molecule has 2 atom stereocenters. The first-order valence-corrected chi connectivity index (χ1v) is 8.87. The van der Waals surface area contributed by atoms with Gasteiger partial charge in [-0.2, -0.15) is 0 Å². The summed E-state index contributed by atoms with van der Waals surface area (Å²) in [6.45, 7) is 4.95. The van der Waals surface area contributed by atoms with Gasteiger partial charge < -0.3 is 19.1 Å². The number of hydrogen-bond acceptors (Lipinski definition) is 4. The summed E-state index contributed by atoms with van der Waals surface area (Å²) in [5, 5.41) is 0. The van der Waals surface area contributed by atoms with Gasteiger partial charge in [-0.3, -0.25) is 14.4 Å². The van der Waals surface area contributed by atoms with Crippen molar-refractivity contribution < 1.29 is 18.8 Å². The van der Waals surface area contributed by atoms with Gasteiger partial charge in [0.05, 0.1) is 17.2 Å². The summed E-state index contributed by atoms with van der Waals surface area (Å²) in [5.74, 6) is 0.00317. The number of carbonyl (C=O) groups excluding carboxylic acids is 3. The lowest BCUT2D eigenvalue weighted by Crippen LogP contribution is -2.49. The van der Waals surface area contributed by atoms with Crippen molar-refractivity contribution >= 4 is 17.7 Å². The minimum Gasteiger partial charge on any atom is -0.472 e. The summed E-state index contributed by atoms with van der Waals surface area (Å²) in [5.41, 5.74) is -0.151. The molecule has 4 rings (SSSR count). The zero-order valence-corrected chi connectivity index (χ0v) is 14.4. The zero-order chi connectivity index (χ0) is 17.6. The molecule has 0 aliphatic carbocycles. The maximum Gasteiger partial charge on any atom is 0.257 e. The summed E-state index contributed by atoms with van der Waals surface area (Å²) in [6.07, 6.45) is 4.97. The van der Waals surface area contributed by atoms with E-state index in [0.29, 0.717) is 31.7 Å². The van der Waals surface area contributed by atoms with Gasteiger partial charge in [0.15, 0.2) is 0 Å². The van der Waals surface area contributed by atoms with Crippen LogP contribution in [0.2, 0.25) is 0 Å². The molecule has 0 spiro atoms. The van der Waals surface area contributed by atoms with Crippen molar-refractivity contribution in [1.29, 1.82) is 0 Å². The molecule has 4 heterocycles. The lowest BCUT2D eigenvalue weighted by Gasteiger charge is -2.32. The van der Waals surface area contributed by atoms with E-state index in [-0.39, 0.29) is 23.6 Å². The predicted octanol–water partition coefficient (Wildman–Crippen LogP) is 0.823. The summed E-state index contributed by atoms with van der Waals surface area (Å²) >= 11 is 0. The van der Waals surface area contributed by atoms with Gasteiger partial charge >= 0.3 is 0 Å². The van der Waals surface area contributed by atoms with Crippen molar-refractivity contribution in [3.05, 3.63) is 24.2 Å². The molecule has 0 bridgehead atoms. The third kappa shape index (κ3) is 2.53. The van der Waals surface area contributed by atoms with Crippen LogP contribution in [0.4, 0.5) is 0 Å². The van der Waals surface area contributed by atoms with Gasteiger partial charge in [0, 0.05) is 52.1 Å². The molecule has 25 heavy (non-hydrogen) atoms. The largest absolute Gasteiger partial charge is 0.472 e. The van der Waals surface area contributed by atoms with Crippen molar-refractivity contribution in [3.8, 4) is 0 Å². The Morgan fingerprint density at radius 3 is 2.40 bits per heavy atom. The van der Waals surface area contributed by atoms with Gasteiger partial charge in [0.1, 0.15) is 6.26 Å². The first-order chi connectivity index (χ1) is 12.0. The summed E-state index contributed by atoms with van der Waals surface area (Å²) in [6, 6.07) is 1.65. The molecular formula is C18H23N3O4. The minimum atomic E-state index is -0.657. The number of amides is 3. The van der Waals surface area contributed by atoms with E-state index in [1.54, 1.807) is 22.8 Å². The van der Waals surface area contributed by atoms with E-state index in [1.807, 2.05) is 4.90 Å². The molecule has 1 aromatic heterocycles. The Morgan fingerprint density at radius 1 is 1.08 bits per heavy atom.